The van der Waals surface area contributed by atoms with Crippen LogP contribution in [0, 0.1) is 12.3 Å². The van der Waals surface area contributed by atoms with E-state index in [1.807, 2.05) is 12.3 Å². The highest BCUT2D eigenvalue weighted by atomic mass is 32.1. The van der Waals surface area contributed by atoms with E-state index in [0.717, 1.165) is 10.7 Å². The molecule has 0 fully saturated rings. The molecular formula is C12H17NO3S. The van der Waals surface area contributed by atoms with Gasteiger partial charge in [0.15, 0.2) is 5.78 Å². The molecule has 0 amide bonds. The molecule has 0 aliphatic carbocycles. The summed E-state index contributed by atoms with van der Waals surface area (Å²) in [5.41, 5.74) is -0.386. The number of ether oxygens (including phenoxy) is 1. The normalized spacial score (nSPS) is 11.3. The van der Waals surface area contributed by atoms with Crippen LogP contribution >= 0.6 is 11.3 Å². The van der Waals surface area contributed by atoms with Gasteiger partial charge in [0, 0.05) is 5.38 Å². The lowest BCUT2D eigenvalue weighted by Crippen LogP contribution is -2.36. The second kappa shape index (κ2) is 5.40. The van der Waals surface area contributed by atoms with Crippen LogP contribution in [0.4, 0.5) is 0 Å². The highest BCUT2D eigenvalue weighted by Crippen LogP contribution is 2.22. The zero-order chi connectivity index (χ0) is 13.1. The smallest absolute Gasteiger partial charge is 0.319 e. The van der Waals surface area contributed by atoms with Crippen molar-refractivity contribution in [2.24, 2.45) is 5.41 Å². The fourth-order valence-corrected chi connectivity index (χ4v) is 1.91. The first-order valence-corrected chi connectivity index (χ1v) is 6.37. The molecule has 0 atom stereocenters. The van der Waals surface area contributed by atoms with Crippen LogP contribution in [0.5, 0.6) is 0 Å². The number of aryl methyl sites for hydroxylation is 1. The lowest BCUT2D eigenvalue weighted by atomic mass is 9.86. The molecule has 0 unspecified atom stereocenters. The summed E-state index contributed by atoms with van der Waals surface area (Å²) in [5, 5.41) is 2.76. The lowest BCUT2D eigenvalue weighted by molar-refractivity contribution is -0.157. The average Bonchev–Trinajstić information content (AvgIpc) is 2.64. The van der Waals surface area contributed by atoms with Crippen LogP contribution < -0.4 is 0 Å². The first-order valence-electron chi connectivity index (χ1n) is 5.49. The molecule has 0 aliphatic rings. The zero-order valence-electron chi connectivity index (χ0n) is 10.6. The van der Waals surface area contributed by atoms with E-state index in [4.69, 9.17) is 4.74 Å². The summed E-state index contributed by atoms with van der Waals surface area (Å²) in [4.78, 5) is 27.9. The molecule has 0 saturated heterocycles. The van der Waals surface area contributed by atoms with E-state index < -0.39 is 11.4 Å². The second-order valence-corrected chi connectivity index (χ2v) is 5.37. The summed E-state index contributed by atoms with van der Waals surface area (Å²) >= 11 is 1.50. The van der Waals surface area contributed by atoms with Gasteiger partial charge in [-0.25, -0.2) is 4.98 Å². The van der Waals surface area contributed by atoms with Crippen molar-refractivity contribution in [2.45, 2.75) is 34.1 Å². The van der Waals surface area contributed by atoms with Crippen molar-refractivity contribution in [3.63, 3.8) is 0 Å². The van der Waals surface area contributed by atoms with Gasteiger partial charge in [-0.05, 0) is 27.7 Å². The Labute approximate surface area is 105 Å². The molecule has 17 heavy (non-hydrogen) atoms. The van der Waals surface area contributed by atoms with E-state index in [1.165, 1.54) is 11.3 Å². The molecule has 5 heteroatoms. The predicted octanol–water partition coefficient (Wildman–Crippen LogP) is 2.15. The van der Waals surface area contributed by atoms with Gasteiger partial charge in [0.05, 0.1) is 23.7 Å². The van der Waals surface area contributed by atoms with E-state index in [-0.39, 0.29) is 18.8 Å². The summed E-state index contributed by atoms with van der Waals surface area (Å²) in [6, 6.07) is 0. The summed E-state index contributed by atoms with van der Waals surface area (Å²) < 4.78 is 4.89. The molecule has 0 spiro atoms. The highest BCUT2D eigenvalue weighted by molar-refractivity contribution is 7.09. The minimum Gasteiger partial charge on any atom is -0.465 e. The minimum absolute atomic E-state index is 0.166. The molecule has 0 radical (unpaired) electrons. The number of carbonyl (C=O) groups is 2. The number of thiazole rings is 1. The first-order chi connectivity index (χ1) is 7.87. The van der Waals surface area contributed by atoms with Crippen molar-refractivity contribution in [1.82, 2.24) is 4.98 Å². The number of ketones is 1. The number of hydrogen-bond donors (Lipinski definition) is 0. The third-order valence-corrected chi connectivity index (χ3v) is 3.31. The van der Waals surface area contributed by atoms with E-state index >= 15 is 0 Å². The Bertz CT molecular complexity index is 423. The van der Waals surface area contributed by atoms with Gasteiger partial charge in [-0.2, -0.15) is 0 Å². The average molecular weight is 255 g/mol. The standard InChI is InChI=1S/C12H17NO3S/c1-5-16-11(15)12(3,4)10(14)6-9-7-17-8(2)13-9/h7H,5-6H2,1-4H3. The van der Waals surface area contributed by atoms with Crippen LogP contribution in [0.25, 0.3) is 0 Å². The third-order valence-electron chi connectivity index (χ3n) is 2.49. The van der Waals surface area contributed by atoms with Crippen molar-refractivity contribution < 1.29 is 14.3 Å². The van der Waals surface area contributed by atoms with Crippen LogP contribution in [0.15, 0.2) is 5.38 Å². The first kappa shape index (κ1) is 13.8. The molecule has 1 rings (SSSR count). The summed E-state index contributed by atoms with van der Waals surface area (Å²) in [7, 11) is 0. The fourth-order valence-electron chi connectivity index (χ4n) is 1.30. The van der Waals surface area contributed by atoms with E-state index in [0.29, 0.717) is 0 Å². The number of esters is 1. The monoisotopic (exact) mass is 255 g/mol. The molecule has 0 aromatic carbocycles. The summed E-state index contributed by atoms with van der Waals surface area (Å²) in [6.45, 7) is 7.07. The number of rotatable bonds is 5. The highest BCUT2D eigenvalue weighted by Gasteiger charge is 2.37. The Kier molecular flexibility index (Phi) is 4.40. The van der Waals surface area contributed by atoms with E-state index in [2.05, 4.69) is 4.98 Å². The van der Waals surface area contributed by atoms with Crippen molar-refractivity contribution >= 4 is 23.1 Å². The Morgan fingerprint density at radius 3 is 2.59 bits per heavy atom. The van der Waals surface area contributed by atoms with Crippen molar-refractivity contribution in [1.29, 1.82) is 0 Å². The van der Waals surface area contributed by atoms with Gasteiger partial charge in [-0.15, -0.1) is 11.3 Å². The number of aromatic nitrogens is 1. The molecule has 0 N–H and O–H groups in total. The fraction of sp³-hybridized carbons (Fsp3) is 0.583. The number of hydrogen-bond acceptors (Lipinski definition) is 5. The molecule has 0 bridgehead atoms. The molecule has 0 saturated carbocycles. The number of carbonyl (C=O) groups excluding carboxylic acids is 2. The van der Waals surface area contributed by atoms with Crippen LogP contribution in [0.1, 0.15) is 31.5 Å². The van der Waals surface area contributed by atoms with Crippen molar-refractivity contribution in [3.05, 3.63) is 16.1 Å². The van der Waals surface area contributed by atoms with Gasteiger partial charge in [-0.1, -0.05) is 0 Å². The van der Waals surface area contributed by atoms with Crippen molar-refractivity contribution in [2.75, 3.05) is 6.61 Å². The van der Waals surface area contributed by atoms with E-state index in [1.54, 1.807) is 20.8 Å². The minimum atomic E-state index is -1.10. The van der Waals surface area contributed by atoms with Gasteiger partial charge in [0.25, 0.3) is 0 Å². The molecule has 0 aliphatic heterocycles. The van der Waals surface area contributed by atoms with Gasteiger partial charge in [0.1, 0.15) is 5.41 Å². The van der Waals surface area contributed by atoms with Crippen molar-refractivity contribution in [3.8, 4) is 0 Å². The van der Waals surface area contributed by atoms with Gasteiger partial charge < -0.3 is 4.74 Å². The van der Waals surface area contributed by atoms with Crippen LogP contribution in [-0.4, -0.2) is 23.3 Å². The van der Waals surface area contributed by atoms with Gasteiger partial charge in [-0.3, -0.25) is 9.59 Å². The maximum atomic E-state index is 12.0. The largest absolute Gasteiger partial charge is 0.465 e. The topological polar surface area (TPSA) is 56.3 Å². The molecule has 94 valence electrons. The quantitative estimate of drug-likeness (QED) is 0.597. The summed E-state index contributed by atoms with van der Waals surface area (Å²) in [6.07, 6.45) is 0.177. The van der Waals surface area contributed by atoms with Crippen LogP contribution in [-0.2, 0) is 20.7 Å². The Morgan fingerprint density at radius 1 is 1.47 bits per heavy atom. The van der Waals surface area contributed by atoms with Gasteiger partial charge in [0.2, 0.25) is 0 Å². The molecule has 1 aromatic heterocycles. The molecule has 1 heterocycles. The molecular weight excluding hydrogens is 238 g/mol. The molecule has 4 nitrogen and oxygen atoms in total. The Balaban J connectivity index is 2.72. The van der Waals surface area contributed by atoms with Crippen LogP contribution in [0.2, 0.25) is 0 Å². The predicted molar refractivity (Wildman–Crippen MR) is 66.0 cm³/mol. The molecule has 1 aromatic rings. The van der Waals surface area contributed by atoms with E-state index in [9.17, 15) is 9.59 Å². The van der Waals surface area contributed by atoms with Gasteiger partial charge >= 0.3 is 5.97 Å². The third kappa shape index (κ3) is 3.36. The Morgan fingerprint density at radius 2 is 2.12 bits per heavy atom. The maximum absolute atomic E-state index is 12.0. The number of Topliss-reactive ketones (excluding diaryl/α,β-unsaturated/α-hetero) is 1. The zero-order valence-corrected chi connectivity index (χ0v) is 11.4. The summed E-state index contributed by atoms with van der Waals surface area (Å²) in [5.74, 6) is -0.641. The number of nitrogens with zero attached hydrogens (tertiary/aromatic N) is 1. The maximum Gasteiger partial charge on any atom is 0.319 e. The second-order valence-electron chi connectivity index (χ2n) is 4.30. The lowest BCUT2D eigenvalue weighted by Gasteiger charge is -2.20. The SMILES string of the molecule is CCOC(=O)C(C)(C)C(=O)Cc1csc(C)n1. The Hall–Kier alpha value is -1.23. The van der Waals surface area contributed by atoms with Crippen LogP contribution in [0.3, 0.4) is 0 Å².